The third kappa shape index (κ3) is 4.86. The summed E-state index contributed by atoms with van der Waals surface area (Å²) in [6, 6.07) is 0. The molecule has 1 heterocycles. The third-order valence-corrected chi connectivity index (χ3v) is 4.35. The number of aryl methyl sites for hydroxylation is 1. The highest BCUT2D eigenvalue weighted by molar-refractivity contribution is 7.89. The third-order valence-electron chi connectivity index (χ3n) is 2.92. The maximum atomic E-state index is 12.2. The normalized spacial score (nSPS) is 12.2. The van der Waals surface area contributed by atoms with E-state index in [4.69, 9.17) is 0 Å². The van der Waals surface area contributed by atoms with Crippen LogP contribution in [0.1, 0.15) is 24.6 Å². The summed E-state index contributed by atoms with van der Waals surface area (Å²) in [4.78, 5) is 2.02. The molecule has 0 aliphatic carbocycles. The molecule has 1 aromatic rings. The number of hydrogen-bond acceptors (Lipinski definition) is 5. The molecule has 0 fully saturated rings. The van der Waals surface area contributed by atoms with Gasteiger partial charge in [-0.25, -0.2) is 13.1 Å². The fraction of sp³-hybridized carbons (Fsp3) is 0.750. The zero-order valence-electron chi connectivity index (χ0n) is 12.7. The fourth-order valence-corrected chi connectivity index (χ4v) is 3.05. The quantitative estimate of drug-likeness (QED) is 0.561. The van der Waals surface area contributed by atoms with Gasteiger partial charge in [0.05, 0.1) is 0 Å². The highest BCUT2D eigenvalue weighted by Crippen LogP contribution is 2.15. The Bertz CT molecular complexity index is 510. The predicted molar refractivity (Wildman–Crippen MR) is 79.1 cm³/mol. The molecule has 0 atom stereocenters. The molecule has 0 aliphatic heterocycles. The molecular weight excluding hydrogens is 278 g/mol. The summed E-state index contributed by atoms with van der Waals surface area (Å²) in [5.74, 6) is 0. The van der Waals surface area contributed by atoms with E-state index in [1.54, 1.807) is 0 Å². The van der Waals surface area contributed by atoms with Crippen molar-refractivity contribution < 1.29 is 8.42 Å². The average Bonchev–Trinajstić information content (AvgIpc) is 2.74. The van der Waals surface area contributed by atoms with Crippen LogP contribution < -0.4 is 10.0 Å². The van der Waals surface area contributed by atoms with Crippen LogP contribution in [0.3, 0.4) is 0 Å². The first-order chi connectivity index (χ1) is 9.38. The number of aromatic nitrogens is 2. The van der Waals surface area contributed by atoms with E-state index in [1.807, 2.05) is 32.8 Å². The number of hydrogen-bond donors (Lipinski definition) is 3. The van der Waals surface area contributed by atoms with Gasteiger partial charge in [0.25, 0.3) is 10.0 Å². The van der Waals surface area contributed by atoms with Gasteiger partial charge in [0, 0.05) is 24.3 Å². The molecule has 0 saturated carbocycles. The van der Waals surface area contributed by atoms with Crippen molar-refractivity contribution in [3.8, 4) is 0 Å². The maximum Gasteiger partial charge on any atom is 0.260 e. The summed E-state index contributed by atoms with van der Waals surface area (Å²) >= 11 is 0. The molecule has 0 aromatic carbocycles. The van der Waals surface area contributed by atoms with Crippen molar-refractivity contribution in [1.29, 1.82) is 0 Å². The van der Waals surface area contributed by atoms with Crippen LogP contribution in [0.5, 0.6) is 0 Å². The van der Waals surface area contributed by atoms with Crippen LogP contribution in [-0.2, 0) is 16.6 Å². The molecule has 0 saturated heterocycles. The summed E-state index contributed by atoms with van der Waals surface area (Å²) in [5, 5.41) is 9.90. The zero-order valence-corrected chi connectivity index (χ0v) is 13.5. The Hall–Kier alpha value is -0.960. The van der Waals surface area contributed by atoms with Crippen LogP contribution in [0.15, 0.2) is 5.03 Å². The largest absolute Gasteiger partial charge is 0.313 e. The smallest absolute Gasteiger partial charge is 0.260 e. The van der Waals surface area contributed by atoms with E-state index in [-0.39, 0.29) is 5.03 Å². The summed E-state index contributed by atoms with van der Waals surface area (Å²) in [5.41, 5.74) is 1.48. The maximum absolute atomic E-state index is 12.2. The van der Waals surface area contributed by atoms with Gasteiger partial charge in [-0.2, -0.15) is 5.10 Å². The molecule has 7 nitrogen and oxygen atoms in total. The van der Waals surface area contributed by atoms with E-state index in [0.717, 1.165) is 25.2 Å². The van der Waals surface area contributed by atoms with E-state index in [9.17, 15) is 8.42 Å². The molecule has 0 radical (unpaired) electrons. The van der Waals surface area contributed by atoms with E-state index in [2.05, 4.69) is 20.2 Å². The van der Waals surface area contributed by atoms with Gasteiger partial charge in [-0.1, -0.05) is 6.92 Å². The van der Waals surface area contributed by atoms with Gasteiger partial charge in [-0.05, 0) is 40.5 Å². The Morgan fingerprint density at radius 1 is 1.35 bits per heavy atom. The average molecular weight is 303 g/mol. The molecule has 0 unspecified atom stereocenters. The van der Waals surface area contributed by atoms with Crippen molar-refractivity contribution in [2.75, 3.05) is 33.7 Å². The highest BCUT2D eigenvalue weighted by atomic mass is 32.2. The first-order valence-electron chi connectivity index (χ1n) is 6.77. The van der Waals surface area contributed by atoms with Crippen molar-refractivity contribution in [2.24, 2.45) is 0 Å². The Labute approximate surface area is 121 Å². The van der Waals surface area contributed by atoms with E-state index >= 15 is 0 Å². The van der Waals surface area contributed by atoms with Crippen LogP contribution >= 0.6 is 0 Å². The number of H-pyrrole nitrogens is 1. The van der Waals surface area contributed by atoms with Crippen LogP contribution in [0, 0.1) is 6.92 Å². The van der Waals surface area contributed by atoms with E-state index in [0.29, 0.717) is 18.7 Å². The second kappa shape index (κ2) is 7.72. The van der Waals surface area contributed by atoms with Crippen molar-refractivity contribution in [3.63, 3.8) is 0 Å². The molecule has 1 rings (SSSR count). The molecule has 8 heteroatoms. The number of rotatable bonds is 9. The molecule has 0 aliphatic rings. The summed E-state index contributed by atoms with van der Waals surface area (Å²) in [6.45, 7) is 6.32. The lowest BCUT2D eigenvalue weighted by molar-refractivity contribution is 0.400. The van der Waals surface area contributed by atoms with Crippen molar-refractivity contribution in [2.45, 2.75) is 31.8 Å². The first kappa shape index (κ1) is 17.1. The molecule has 0 spiro atoms. The SMILES string of the molecule is CCNCc1c(S(=O)(=O)NCCCN(C)C)n[nH]c1C. The van der Waals surface area contributed by atoms with Crippen LogP contribution in [0.2, 0.25) is 0 Å². The molecule has 0 amide bonds. The lowest BCUT2D eigenvalue weighted by Crippen LogP contribution is -2.29. The number of nitrogens with one attached hydrogen (secondary N) is 3. The molecule has 1 aromatic heterocycles. The minimum Gasteiger partial charge on any atom is -0.313 e. The first-order valence-corrected chi connectivity index (χ1v) is 8.25. The Morgan fingerprint density at radius 3 is 2.65 bits per heavy atom. The van der Waals surface area contributed by atoms with Crippen LogP contribution in [0.25, 0.3) is 0 Å². The summed E-state index contributed by atoms with van der Waals surface area (Å²) in [7, 11) is 0.368. The lowest BCUT2D eigenvalue weighted by Gasteiger charge is -2.10. The fourth-order valence-electron chi connectivity index (χ4n) is 1.78. The van der Waals surface area contributed by atoms with Gasteiger partial charge in [0.15, 0.2) is 5.03 Å². The number of sulfonamides is 1. The number of aromatic amines is 1. The minimum atomic E-state index is -3.55. The second-order valence-corrected chi connectivity index (χ2v) is 6.65. The standard InChI is InChI=1S/C12H25N5O2S/c1-5-13-9-11-10(2)15-16-12(11)20(18,19)14-7-6-8-17(3)4/h13-14H,5-9H2,1-4H3,(H,15,16). The zero-order chi connectivity index (χ0) is 15.2. The van der Waals surface area contributed by atoms with Crippen molar-refractivity contribution in [3.05, 3.63) is 11.3 Å². The van der Waals surface area contributed by atoms with Gasteiger partial charge >= 0.3 is 0 Å². The van der Waals surface area contributed by atoms with Gasteiger partial charge in [-0.3, -0.25) is 5.10 Å². The Kier molecular flexibility index (Phi) is 6.60. The van der Waals surface area contributed by atoms with Gasteiger partial charge in [0.2, 0.25) is 0 Å². The summed E-state index contributed by atoms with van der Waals surface area (Å²) in [6.07, 6.45) is 0.762. The molecule has 0 bridgehead atoms. The van der Waals surface area contributed by atoms with Crippen molar-refractivity contribution in [1.82, 2.24) is 25.1 Å². The highest BCUT2D eigenvalue weighted by Gasteiger charge is 2.22. The topological polar surface area (TPSA) is 90.1 Å². The van der Waals surface area contributed by atoms with Crippen molar-refractivity contribution >= 4 is 10.0 Å². The van der Waals surface area contributed by atoms with E-state index < -0.39 is 10.0 Å². The Balaban J connectivity index is 2.72. The molecule has 20 heavy (non-hydrogen) atoms. The van der Waals surface area contributed by atoms with E-state index in [1.165, 1.54) is 0 Å². The molecule has 116 valence electrons. The summed E-state index contributed by atoms with van der Waals surface area (Å²) < 4.78 is 27.1. The van der Waals surface area contributed by atoms with Crippen LogP contribution in [-0.4, -0.2) is 57.2 Å². The molecule has 3 N–H and O–H groups in total. The predicted octanol–water partition coefficient (Wildman–Crippen LogP) is 0.0576. The van der Waals surface area contributed by atoms with Gasteiger partial charge in [-0.15, -0.1) is 0 Å². The molecular formula is C12H25N5O2S. The second-order valence-electron chi connectivity index (χ2n) is 4.97. The van der Waals surface area contributed by atoms with Gasteiger partial charge in [0.1, 0.15) is 0 Å². The monoisotopic (exact) mass is 303 g/mol. The van der Waals surface area contributed by atoms with Crippen LogP contribution in [0.4, 0.5) is 0 Å². The number of nitrogens with zero attached hydrogens (tertiary/aromatic N) is 2. The van der Waals surface area contributed by atoms with Gasteiger partial charge < -0.3 is 10.2 Å². The Morgan fingerprint density at radius 2 is 2.05 bits per heavy atom. The lowest BCUT2D eigenvalue weighted by atomic mass is 10.2. The minimum absolute atomic E-state index is 0.0980.